The number of benzene rings is 1. The SMILES string of the molecule is CC1(C2=CCCC=C2)Cc2c(cc(F)c(Cl)c2Br)O1. The van der Waals surface area contributed by atoms with Gasteiger partial charge in [-0.3, -0.25) is 0 Å². The molecule has 19 heavy (non-hydrogen) atoms. The van der Waals surface area contributed by atoms with Crippen LogP contribution in [0.5, 0.6) is 5.75 Å². The summed E-state index contributed by atoms with van der Waals surface area (Å²) in [5.74, 6) is 0.126. The molecule has 1 aliphatic carbocycles. The lowest BCUT2D eigenvalue weighted by Gasteiger charge is -2.27. The van der Waals surface area contributed by atoms with Crippen LogP contribution >= 0.6 is 27.5 Å². The minimum atomic E-state index is -0.454. The molecule has 2 aliphatic rings. The monoisotopic (exact) mass is 342 g/mol. The fourth-order valence-electron chi connectivity index (χ4n) is 2.65. The molecule has 0 fully saturated rings. The highest BCUT2D eigenvalue weighted by atomic mass is 79.9. The Kier molecular flexibility index (Phi) is 3.22. The largest absolute Gasteiger partial charge is 0.482 e. The fourth-order valence-corrected chi connectivity index (χ4v) is 3.34. The Hall–Kier alpha value is -0.800. The van der Waals surface area contributed by atoms with Crippen molar-refractivity contribution < 1.29 is 9.13 Å². The lowest BCUT2D eigenvalue weighted by molar-refractivity contribution is 0.160. The molecule has 100 valence electrons. The van der Waals surface area contributed by atoms with E-state index < -0.39 is 11.4 Å². The van der Waals surface area contributed by atoms with Crippen molar-refractivity contribution in [3.8, 4) is 5.75 Å². The van der Waals surface area contributed by atoms with E-state index >= 15 is 0 Å². The molecule has 0 N–H and O–H groups in total. The second-order valence-corrected chi connectivity index (χ2v) is 6.28. The summed E-state index contributed by atoms with van der Waals surface area (Å²) < 4.78 is 20.3. The van der Waals surface area contributed by atoms with E-state index in [0.717, 1.165) is 24.0 Å². The van der Waals surface area contributed by atoms with Crippen LogP contribution in [0.15, 0.2) is 34.3 Å². The first-order valence-corrected chi connectivity index (χ1v) is 7.41. The molecule has 1 aliphatic heterocycles. The first kappa shape index (κ1) is 13.2. The van der Waals surface area contributed by atoms with Gasteiger partial charge in [0.1, 0.15) is 17.2 Å². The highest BCUT2D eigenvalue weighted by molar-refractivity contribution is 9.10. The maximum Gasteiger partial charge on any atom is 0.146 e. The van der Waals surface area contributed by atoms with Crippen molar-refractivity contribution in [1.82, 2.24) is 0 Å². The number of ether oxygens (including phenoxy) is 1. The summed E-state index contributed by atoms with van der Waals surface area (Å²) in [5.41, 5.74) is 1.66. The lowest BCUT2D eigenvalue weighted by atomic mass is 9.87. The van der Waals surface area contributed by atoms with Crippen LogP contribution in [0.2, 0.25) is 5.02 Å². The summed E-state index contributed by atoms with van der Waals surface area (Å²) in [7, 11) is 0. The average molecular weight is 344 g/mol. The number of fused-ring (bicyclic) bond motifs is 1. The van der Waals surface area contributed by atoms with Gasteiger partial charge in [0.2, 0.25) is 0 Å². The van der Waals surface area contributed by atoms with E-state index in [1.165, 1.54) is 6.07 Å². The van der Waals surface area contributed by atoms with Crippen LogP contribution in [-0.2, 0) is 6.42 Å². The van der Waals surface area contributed by atoms with Gasteiger partial charge < -0.3 is 4.74 Å². The Balaban J connectivity index is 2.02. The molecular formula is C15H13BrClFO. The molecule has 1 unspecified atom stereocenters. The van der Waals surface area contributed by atoms with E-state index in [0.29, 0.717) is 16.6 Å². The van der Waals surface area contributed by atoms with Gasteiger partial charge in [0.05, 0.1) is 5.02 Å². The third-order valence-electron chi connectivity index (χ3n) is 3.68. The molecule has 1 aromatic rings. The highest BCUT2D eigenvalue weighted by Gasteiger charge is 2.39. The predicted molar refractivity (Wildman–Crippen MR) is 78.3 cm³/mol. The number of rotatable bonds is 1. The van der Waals surface area contributed by atoms with Crippen LogP contribution in [0.3, 0.4) is 0 Å². The van der Waals surface area contributed by atoms with Crippen LogP contribution < -0.4 is 4.74 Å². The number of allylic oxidation sites excluding steroid dienone is 2. The molecule has 1 heterocycles. The molecule has 0 amide bonds. The first-order valence-electron chi connectivity index (χ1n) is 6.24. The second-order valence-electron chi connectivity index (χ2n) is 5.11. The van der Waals surface area contributed by atoms with Gasteiger partial charge >= 0.3 is 0 Å². The van der Waals surface area contributed by atoms with Gasteiger partial charge in [-0.05, 0) is 41.3 Å². The van der Waals surface area contributed by atoms with Gasteiger partial charge in [0.15, 0.2) is 0 Å². The smallest absolute Gasteiger partial charge is 0.146 e. The van der Waals surface area contributed by atoms with Crippen molar-refractivity contribution in [3.05, 3.63) is 50.7 Å². The van der Waals surface area contributed by atoms with Crippen molar-refractivity contribution in [2.45, 2.75) is 31.8 Å². The fraction of sp³-hybridized carbons (Fsp3) is 0.333. The minimum Gasteiger partial charge on any atom is -0.482 e. The predicted octanol–water partition coefficient (Wildman–Crippen LogP) is 5.21. The summed E-state index contributed by atoms with van der Waals surface area (Å²) in [6, 6.07) is 1.38. The molecule has 0 aromatic heterocycles. The number of hydrogen-bond donors (Lipinski definition) is 0. The lowest BCUT2D eigenvalue weighted by Crippen LogP contribution is -2.32. The van der Waals surface area contributed by atoms with E-state index in [2.05, 4.69) is 34.2 Å². The molecule has 4 heteroatoms. The zero-order valence-electron chi connectivity index (χ0n) is 10.5. The Morgan fingerprint density at radius 2 is 2.21 bits per heavy atom. The molecule has 3 rings (SSSR count). The van der Waals surface area contributed by atoms with Crippen LogP contribution in [0.1, 0.15) is 25.3 Å². The van der Waals surface area contributed by atoms with Crippen molar-refractivity contribution in [2.24, 2.45) is 0 Å². The van der Waals surface area contributed by atoms with E-state index in [-0.39, 0.29) is 5.02 Å². The summed E-state index contributed by atoms with van der Waals surface area (Å²) in [6.07, 6.45) is 9.22. The zero-order chi connectivity index (χ0) is 13.6. The van der Waals surface area contributed by atoms with Crippen LogP contribution in [0, 0.1) is 5.82 Å². The summed E-state index contributed by atoms with van der Waals surface area (Å²) in [6.45, 7) is 2.03. The Labute approximate surface area is 125 Å². The number of halogens is 3. The zero-order valence-corrected chi connectivity index (χ0v) is 12.8. The number of hydrogen-bond acceptors (Lipinski definition) is 1. The normalized spacial score (nSPS) is 24.9. The quantitative estimate of drug-likeness (QED) is 0.636. The van der Waals surface area contributed by atoms with Crippen molar-refractivity contribution >= 4 is 27.5 Å². The van der Waals surface area contributed by atoms with E-state index in [4.69, 9.17) is 16.3 Å². The standard InChI is InChI=1S/C15H13BrClFO/c1-15(9-5-3-2-4-6-9)8-10-12(19-15)7-11(18)14(17)13(10)16/h3,5-7H,2,4,8H2,1H3. The molecule has 1 atom stereocenters. The van der Waals surface area contributed by atoms with Crippen LogP contribution in [-0.4, -0.2) is 5.60 Å². The van der Waals surface area contributed by atoms with Gasteiger partial charge in [-0.25, -0.2) is 4.39 Å². The van der Waals surface area contributed by atoms with E-state index in [9.17, 15) is 4.39 Å². The van der Waals surface area contributed by atoms with Gasteiger partial charge in [-0.15, -0.1) is 0 Å². The van der Waals surface area contributed by atoms with Gasteiger partial charge in [-0.2, -0.15) is 0 Å². The molecule has 0 bridgehead atoms. The Morgan fingerprint density at radius 3 is 2.89 bits per heavy atom. The van der Waals surface area contributed by atoms with Crippen LogP contribution in [0.4, 0.5) is 4.39 Å². The molecule has 0 spiro atoms. The van der Waals surface area contributed by atoms with Gasteiger partial charge in [0.25, 0.3) is 0 Å². The molecule has 1 nitrogen and oxygen atoms in total. The van der Waals surface area contributed by atoms with E-state index in [1.54, 1.807) is 0 Å². The molecule has 1 aromatic carbocycles. The van der Waals surface area contributed by atoms with Crippen molar-refractivity contribution in [1.29, 1.82) is 0 Å². The van der Waals surface area contributed by atoms with Gasteiger partial charge in [-0.1, -0.05) is 29.8 Å². The maximum atomic E-state index is 13.7. The Morgan fingerprint density at radius 1 is 1.42 bits per heavy atom. The van der Waals surface area contributed by atoms with Crippen molar-refractivity contribution in [2.75, 3.05) is 0 Å². The third-order valence-corrected chi connectivity index (χ3v) is 5.15. The third kappa shape index (κ3) is 2.13. The molecule has 0 saturated carbocycles. The summed E-state index contributed by atoms with van der Waals surface area (Å²) in [5, 5.41) is 0.125. The van der Waals surface area contributed by atoms with Gasteiger partial charge in [0, 0.05) is 22.5 Å². The van der Waals surface area contributed by atoms with Crippen LogP contribution in [0.25, 0.3) is 0 Å². The minimum absolute atomic E-state index is 0.125. The molecular weight excluding hydrogens is 331 g/mol. The summed E-state index contributed by atoms with van der Waals surface area (Å²) in [4.78, 5) is 0. The molecule has 0 saturated heterocycles. The topological polar surface area (TPSA) is 9.23 Å². The molecule has 0 radical (unpaired) electrons. The Bertz CT molecular complexity index is 609. The highest BCUT2D eigenvalue weighted by Crippen LogP contribution is 2.46. The van der Waals surface area contributed by atoms with E-state index in [1.807, 2.05) is 6.92 Å². The van der Waals surface area contributed by atoms with Crippen molar-refractivity contribution in [3.63, 3.8) is 0 Å². The summed E-state index contributed by atoms with van der Waals surface area (Å²) >= 11 is 9.30. The first-order chi connectivity index (χ1) is 9.01. The maximum absolute atomic E-state index is 13.7. The second kappa shape index (κ2) is 4.64. The average Bonchev–Trinajstić information content (AvgIpc) is 2.76.